The molecule has 0 aliphatic carbocycles. The zero-order chi connectivity index (χ0) is 9.84. The molecular formula is C9H9NO3. The van der Waals surface area contributed by atoms with Gasteiger partial charge in [-0.1, -0.05) is 0 Å². The summed E-state index contributed by atoms with van der Waals surface area (Å²) in [6.45, 7) is 1.80. The Morgan fingerprint density at radius 1 is 1.46 bits per heavy atom. The van der Waals surface area contributed by atoms with Crippen molar-refractivity contribution in [3.05, 3.63) is 29.6 Å². The summed E-state index contributed by atoms with van der Waals surface area (Å²) >= 11 is 0. The molecule has 0 unspecified atom stereocenters. The van der Waals surface area contributed by atoms with Crippen molar-refractivity contribution in [2.45, 2.75) is 13.3 Å². The molecule has 4 nitrogen and oxygen atoms in total. The van der Waals surface area contributed by atoms with Gasteiger partial charge in [0.05, 0.1) is 0 Å². The number of Topliss-reactive ketones (excluding diaryl/α,β-unsaturated/α-hetero) is 1. The van der Waals surface area contributed by atoms with E-state index in [0.29, 0.717) is 5.56 Å². The molecule has 0 saturated carbocycles. The molecule has 0 bridgehead atoms. The smallest absolute Gasteiger partial charge is 0.311 e. The molecule has 1 N–H and O–H groups in total. The third kappa shape index (κ3) is 2.66. The molecule has 0 amide bonds. The number of carboxylic acids is 1. The van der Waals surface area contributed by atoms with Gasteiger partial charge in [0.2, 0.25) is 0 Å². The SMILES string of the molecule is Cc1cncc(C(=O)CC(=O)O)c1. The van der Waals surface area contributed by atoms with Gasteiger partial charge in [0.15, 0.2) is 5.78 Å². The summed E-state index contributed by atoms with van der Waals surface area (Å²) in [4.78, 5) is 25.2. The van der Waals surface area contributed by atoms with E-state index in [-0.39, 0.29) is 0 Å². The van der Waals surface area contributed by atoms with Crippen LogP contribution in [0.4, 0.5) is 0 Å². The number of hydrogen-bond donors (Lipinski definition) is 1. The Morgan fingerprint density at radius 3 is 2.69 bits per heavy atom. The van der Waals surface area contributed by atoms with E-state index < -0.39 is 18.2 Å². The standard InChI is InChI=1S/C9H9NO3/c1-6-2-7(5-10-4-6)8(11)3-9(12)13/h2,4-5H,3H2,1H3,(H,12,13). The lowest BCUT2D eigenvalue weighted by Crippen LogP contribution is -2.07. The van der Waals surface area contributed by atoms with E-state index in [4.69, 9.17) is 5.11 Å². The van der Waals surface area contributed by atoms with Gasteiger partial charge < -0.3 is 5.11 Å². The summed E-state index contributed by atoms with van der Waals surface area (Å²) in [5, 5.41) is 8.37. The fourth-order valence-electron chi connectivity index (χ4n) is 0.947. The maximum Gasteiger partial charge on any atom is 0.311 e. The summed E-state index contributed by atoms with van der Waals surface area (Å²) in [7, 11) is 0. The van der Waals surface area contributed by atoms with Crippen molar-refractivity contribution in [3.8, 4) is 0 Å². The predicted octanol–water partition coefficient (Wildman–Crippen LogP) is 1.05. The molecule has 1 heterocycles. The highest BCUT2D eigenvalue weighted by atomic mass is 16.4. The number of rotatable bonds is 3. The lowest BCUT2D eigenvalue weighted by atomic mass is 10.1. The highest BCUT2D eigenvalue weighted by Gasteiger charge is 2.10. The van der Waals surface area contributed by atoms with Crippen LogP contribution in [0, 0.1) is 6.92 Å². The fraction of sp³-hybridized carbons (Fsp3) is 0.222. The number of aliphatic carboxylic acids is 1. The van der Waals surface area contributed by atoms with Crippen LogP contribution in [0.3, 0.4) is 0 Å². The molecule has 4 heteroatoms. The van der Waals surface area contributed by atoms with Crippen molar-refractivity contribution >= 4 is 11.8 Å². The molecule has 0 aliphatic rings. The maximum absolute atomic E-state index is 11.2. The van der Waals surface area contributed by atoms with Crippen LogP contribution in [0.1, 0.15) is 22.3 Å². The van der Waals surface area contributed by atoms with Gasteiger partial charge in [-0.25, -0.2) is 0 Å². The number of aromatic nitrogens is 1. The number of hydrogen-bond acceptors (Lipinski definition) is 3. The number of carbonyl (C=O) groups is 2. The molecular weight excluding hydrogens is 170 g/mol. The molecule has 1 rings (SSSR count). The Hall–Kier alpha value is -1.71. The number of pyridine rings is 1. The molecule has 0 spiro atoms. The number of ketones is 1. The number of nitrogens with zero attached hydrogens (tertiary/aromatic N) is 1. The van der Waals surface area contributed by atoms with Crippen molar-refractivity contribution in [1.29, 1.82) is 0 Å². The predicted molar refractivity (Wildman–Crippen MR) is 45.6 cm³/mol. The lowest BCUT2D eigenvalue weighted by Gasteiger charge is -1.97. The van der Waals surface area contributed by atoms with Gasteiger partial charge in [0, 0.05) is 18.0 Å². The van der Waals surface area contributed by atoms with Crippen LogP contribution in [0.15, 0.2) is 18.5 Å². The van der Waals surface area contributed by atoms with Gasteiger partial charge in [-0.15, -0.1) is 0 Å². The van der Waals surface area contributed by atoms with Crippen LogP contribution in [0.5, 0.6) is 0 Å². The second-order valence-corrected chi connectivity index (χ2v) is 2.74. The first-order chi connectivity index (χ1) is 6.09. The Kier molecular flexibility index (Phi) is 2.74. The second kappa shape index (κ2) is 3.80. The molecule has 0 aromatic carbocycles. The molecule has 0 radical (unpaired) electrons. The molecule has 1 aromatic heterocycles. The summed E-state index contributed by atoms with van der Waals surface area (Å²) in [6.07, 6.45) is 2.50. The third-order valence-corrected chi connectivity index (χ3v) is 1.51. The van der Waals surface area contributed by atoms with Crippen LogP contribution in [-0.2, 0) is 4.79 Å². The minimum Gasteiger partial charge on any atom is -0.481 e. The first kappa shape index (κ1) is 9.38. The zero-order valence-electron chi connectivity index (χ0n) is 7.15. The monoisotopic (exact) mass is 179 g/mol. The van der Waals surface area contributed by atoms with E-state index in [0.717, 1.165) is 5.56 Å². The van der Waals surface area contributed by atoms with Crippen molar-refractivity contribution in [1.82, 2.24) is 4.98 Å². The minimum absolute atomic E-state index is 0.349. The van der Waals surface area contributed by atoms with Gasteiger partial charge >= 0.3 is 5.97 Å². The van der Waals surface area contributed by atoms with Gasteiger partial charge in [0.1, 0.15) is 6.42 Å². The van der Waals surface area contributed by atoms with E-state index in [2.05, 4.69) is 4.98 Å². The summed E-state index contributed by atoms with van der Waals surface area (Å²) < 4.78 is 0. The van der Waals surface area contributed by atoms with E-state index in [1.165, 1.54) is 6.20 Å². The van der Waals surface area contributed by atoms with Crippen LogP contribution in [0.2, 0.25) is 0 Å². The molecule has 0 fully saturated rings. The highest BCUT2D eigenvalue weighted by molar-refractivity contribution is 6.05. The second-order valence-electron chi connectivity index (χ2n) is 2.74. The van der Waals surface area contributed by atoms with Gasteiger partial charge in [-0.3, -0.25) is 14.6 Å². The summed E-state index contributed by atoms with van der Waals surface area (Å²) in [5.74, 6) is -1.53. The quantitative estimate of drug-likeness (QED) is 0.556. The van der Waals surface area contributed by atoms with E-state index in [1.54, 1.807) is 19.2 Å². The molecule has 0 atom stereocenters. The Morgan fingerprint density at radius 2 is 2.15 bits per heavy atom. The van der Waals surface area contributed by atoms with E-state index in [1.807, 2.05) is 0 Å². The van der Waals surface area contributed by atoms with Crippen molar-refractivity contribution in [2.24, 2.45) is 0 Å². The molecule has 68 valence electrons. The maximum atomic E-state index is 11.2. The van der Waals surface area contributed by atoms with E-state index in [9.17, 15) is 9.59 Å². The first-order valence-corrected chi connectivity index (χ1v) is 3.76. The van der Waals surface area contributed by atoms with Gasteiger partial charge in [-0.2, -0.15) is 0 Å². The normalized spacial score (nSPS) is 9.62. The van der Waals surface area contributed by atoms with Crippen molar-refractivity contribution < 1.29 is 14.7 Å². The lowest BCUT2D eigenvalue weighted by molar-refractivity contribution is -0.135. The highest BCUT2D eigenvalue weighted by Crippen LogP contribution is 2.04. The number of carboxylic acid groups (broad SMARTS) is 1. The van der Waals surface area contributed by atoms with Gasteiger partial charge in [0.25, 0.3) is 0 Å². The van der Waals surface area contributed by atoms with Crippen LogP contribution < -0.4 is 0 Å². The molecule has 0 aliphatic heterocycles. The van der Waals surface area contributed by atoms with Crippen LogP contribution in [-0.4, -0.2) is 21.8 Å². The molecule has 13 heavy (non-hydrogen) atoms. The third-order valence-electron chi connectivity index (χ3n) is 1.51. The first-order valence-electron chi connectivity index (χ1n) is 3.76. The van der Waals surface area contributed by atoms with Crippen molar-refractivity contribution in [2.75, 3.05) is 0 Å². The Bertz CT molecular complexity index is 346. The number of carbonyl (C=O) groups excluding carboxylic acids is 1. The number of aryl methyl sites for hydroxylation is 1. The average molecular weight is 179 g/mol. The minimum atomic E-state index is -1.12. The van der Waals surface area contributed by atoms with Crippen LogP contribution in [0.25, 0.3) is 0 Å². The molecule has 1 aromatic rings. The zero-order valence-corrected chi connectivity index (χ0v) is 7.15. The molecule has 0 saturated heterocycles. The van der Waals surface area contributed by atoms with Gasteiger partial charge in [-0.05, 0) is 18.6 Å². The average Bonchev–Trinajstić information content (AvgIpc) is 2.03. The topological polar surface area (TPSA) is 67.3 Å². The Balaban J connectivity index is 2.83. The van der Waals surface area contributed by atoms with Crippen molar-refractivity contribution in [3.63, 3.8) is 0 Å². The van der Waals surface area contributed by atoms with Crippen LogP contribution >= 0.6 is 0 Å². The fourth-order valence-corrected chi connectivity index (χ4v) is 0.947. The summed E-state index contributed by atoms with van der Waals surface area (Å²) in [5.41, 5.74) is 1.19. The van der Waals surface area contributed by atoms with E-state index >= 15 is 0 Å². The largest absolute Gasteiger partial charge is 0.481 e. The summed E-state index contributed by atoms with van der Waals surface area (Å²) in [6, 6.07) is 1.62. The Labute approximate surface area is 75.2 Å².